The van der Waals surface area contributed by atoms with Crippen LogP contribution in [0, 0.1) is 17.0 Å². The van der Waals surface area contributed by atoms with E-state index < -0.39 is 4.92 Å². The minimum atomic E-state index is -0.599. The lowest BCUT2D eigenvalue weighted by molar-refractivity contribution is -0.384. The van der Waals surface area contributed by atoms with Gasteiger partial charge in [0, 0.05) is 24.0 Å². The molecule has 100 valence electrons. The van der Waals surface area contributed by atoms with Crippen molar-refractivity contribution in [1.29, 1.82) is 0 Å². The highest BCUT2D eigenvalue weighted by Crippen LogP contribution is 2.28. The van der Waals surface area contributed by atoms with Crippen LogP contribution in [0.1, 0.15) is 10.7 Å². The molecule has 2 aromatic heterocycles. The van der Waals surface area contributed by atoms with Gasteiger partial charge in [0.1, 0.15) is 6.33 Å². The highest BCUT2D eigenvalue weighted by Gasteiger charge is 2.21. The van der Waals surface area contributed by atoms with Crippen molar-refractivity contribution < 1.29 is 4.92 Å². The molecular formula is C10H10ClN5O2S. The SMILES string of the molecule is Cc1csc(CCNc2ncnc(Cl)c2[N+](=O)[O-])n1. The van der Waals surface area contributed by atoms with E-state index in [1.807, 2.05) is 12.3 Å². The summed E-state index contributed by atoms with van der Waals surface area (Å²) in [6.07, 6.45) is 1.85. The van der Waals surface area contributed by atoms with Crippen LogP contribution < -0.4 is 5.32 Å². The predicted molar refractivity (Wildman–Crippen MR) is 72.7 cm³/mol. The van der Waals surface area contributed by atoms with E-state index in [0.717, 1.165) is 10.7 Å². The largest absolute Gasteiger partial charge is 0.364 e. The average molecular weight is 300 g/mol. The topological polar surface area (TPSA) is 93.8 Å². The molecule has 0 bridgehead atoms. The maximum absolute atomic E-state index is 10.9. The van der Waals surface area contributed by atoms with Crippen molar-refractivity contribution in [1.82, 2.24) is 15.0 Å². The zero-order valence-electron chi connectivity index (χ0n) is 9.96. The van der Waals surface area contributed by atoms with E-state index in [2.05, 4.69) is 20.3 Å². The van der Waals surface area contributed by atoms with Gasteiger partial charge in [0.25, 0.3) is 0 Å². The van der Waals surface area contributed by atoms with Crippen LogP contribution in [0.4, 0.5) is 11.5 Å². The summed E-state index contributed by atoms with van der Waals surface area (Å²) < 4.78 is 0. The van der Waals surface area contributed by atoms with Crippen LogP contribution in [0.3, 0.4) is 0 Å². The van der Waals surface area contributed by atoms with Crippen LogP contribution in [0.2, 0.25) is 5.15 Å². The number of thiazole rings is 1. The van der Waals surface area contributed by atoms with E-state index in [0.29, 0.717) is 13.0 Å². The molecule has 9 heteroatoms. The van der Waals surface area contributed by atoms with E-state index in [1.165, 1.54) is 6.33 Å². The zero-order chi connectivity index (χ0) is 13.8. The Kier molecular flexibility index (Phi) is 4.23. The maximum Gasteiger partial charge on any atom is 0.348 e. The summed E-state index contributed by atoms with van der Waals surface area (Å²) in [7, 11) is 0. The summed E-state index contributed by atoms with van der Waals surface area (Å²) in [5.41, 5.74) is 0.663. The molecule has 0 radical (unpaired) electrons. The molecule has 0 aromatic carbocycles. The molecule has 0 aliphatic rings. The predicted octanol–water partition coefficient (Wildman–Crippen LogP) is 2.46. The summed E-state index contributed by atoms with van der Waals surface area (Å²) in [6, 6.07) is 0. The Morgan fingerprint density at radius 2 is 2.32 bits per heavy atom. The fourth-order valence-corrected chi connectivity index (χ4v) is 2.43. The molecular weight excluding hydrogens is 290 g/mol. The molecule has 0 unspecified atom stereocenters. The van der Waals surface area contributed by atoms with Gasteiger partial charge in [-0.1, -0.05) is 11.6 Å². The van der Waals surface area contributed by atoms with Crippen LogP contribution in [-0.4, -0.2) is 26.4 Å². The molecule has 0 spiro atoms. The number of nitrogens with one attached hydrogen (secondary N) is 1. The van der Waals surface area contributed by atoms with Crippen molar-refractivity contribution in [2.24, 2.45) is 0 Å². The van der Waals surface area contributed by atoms with Crippen LogP contribution in [0.15, 0.2) is 11.7 Å². The molecule has 2 rings (SSSR count). The van der Waals surface area contributed by atoms with E-state index >= 15 is 0 Å². The van der Waals surface area contributed by atoms with Crippen LogP contribution in [0.25, 0.3) is 0 Å². The number of aromatic nitrogens is 3. The van der Waals surface area contributed by atoms with Gasteiger partial charge >= 0.3 is 5.69 Å². The maximum atomic E-state index is 10.9. The van der Waals surface area contributed by atoms with Gasteiger partial charge in [0.15, 0.2) is 0 Å². The number of nitrogens with zero attached hydrogens (tertiary/aromatic N) is 4. The molecule has 0 fully saturated rings. The number of hydrogen-bond donors (Lipinski definition) is 1. The summed E-state index contributed by atoms with van der Waals surface area (Å²) in [4.78, 5) is 22.0. The second-order valence-electron chi connectivity index (χ2n) is 3.68. The van der Waals surface area contributed by atoms with Gasteiger partial charge in [-0.2, -0.15) is 0 Å². The average Bonchev–Trinajstić information content (AvgIpc) is 2.74. The van der Waals surface area contributed by atoms with Gasteiger partial charge in [-0.25, -0.2) is 15.0 Å². The lowest BCUT2D eigenvalue weighted by Gasteiger charge is -2.04. The Morgan fingerprint density at radius 3 is 2.95 bits per heavy atom. The number of rotatable bonds is 5. The van der Waals surface area contributed by atoms with Gasteiger partial charge in [0.05, 0.1) is 9.93 Å². The lowest BCUT2D eigenvalue weighted by atomic mass is 10.4. The van der Waals surface area contributed by atoms with Gasteiger partial charge in [-0.3, -0.25) is 10.1 Å². The second-order valence-corrected chi connectivity index (χ2v) is 4.98. The van der Waals surface area contributed by atoms with E-state index in [9.17, 15) is 10.1 Å². The molecule has 1 N–H and O–H groups in total. The van der Waals surface area contributed by atoms with Crippen molar-refractivity contribution in [3.63, 3.8) is 0 Å². The normalized spacial score (nSPS) is 10.4. The molecule has 2 aromatic rings. The summed E-state index contributed by atoms with van der Waals surface area (Å²) >= 11 is 7.24. The Balaban J connectivity index is 2.03. The minimum absolute atomic E-state index is 0.123. The van der Waals surface area contributed by atoms with Gasteiger partial charge in [0.2, 0.25) is 11.0 Å². The molecule has 19 heavy (non-hydrogen) atoms. The number of hydrogen-bond acceptors (Lipinski definition) is 7. The molecule has 0 atom stereocenters. The zero-order valence-corrected chi connectivity index (χ0v) is 11.5. The smallest absolute Gasteiger partial charge is 0.348 e. The molecule has 0 aliphatic heterocycles. The Morgan fingerprint density at radius 1 is 1.53 bits per heavy atom. The number of anilines is 1. The highest BCUT2D eigenvalue weighted by molar-refractivity contribution is 7.09. The third kappa shape index (κ3) is 3.36. The fraction of sp³-hybridized carbons (Fsp3) is 0.300. The number of aryl methyl sites for hydroxylation is 1. The molecule has 7 nitrogen and oxygen atoms in total. The summed E-state index contributed by atoms with van der Waals surface area (Å²) in [5, 5.41) is 16.5. The molecule has 0 saturated carbocycles. The molecule has 0 aliphatic carbocycles. The van der Waals surface area contributed by atoms with Crippen molar-refractivity contribution in [3.8, 4) is 0 Å². The molecule has 0 amide bonds. The first-order valence-electron chi connectivity index (χ1n) is 5.37. The van der Waals surface area contributed by atoms with E-state index in [-0.39, 0.29) is 16.7 Å². The first-order chi connectivity index (χ1) is 9.08. The van der Waals surface area contributed by atoms with Crippen LogP contribution in [-0.2, 0) is 6.42 Å². The first-order valence-corrected chi connectivity index (χ1v) is 6.63. The Bertz CT molecular complexity index is 603. The van der Waals surface area contributed by atoms with E-state index in [4.69, 9.17) is 11.6 Å². The third-order valence-corrected chi connectivity index (χ3v) is 3.56. The van der Waals surface area contributed by atoms with Crippen molar-refractivity contribution in [3.05, 3.63) is 37.7 Å². The van der Waals surface area contributed by atoms with Gasteiger partial charge in [-0.15, -0.1) is 11.3 Å². The fourth-order valence-electron chi connectivity index (χ4n) is 1.45. The van der Waals surface area contributed by atoms with Crippen molar-refractivity contribution in [2.45, 2.75) is 13.3 Å². The van der Waals surface area contributed by atoms with Crippen LogP contribution in [0.5, 0.6) is 0 Å². The minimum Gasteiger partial charge on any atom is -0.364 e. The Labute approximate surface area is 117 Å². The standard InChI is InChI=1S/C10H10ClN5O2S/c1-6-4-19-7(15-6)2-3-12-10-8(16(17)18)9(11)13-5-14-10/h4-5H,2-3H2,1H3,(H,12,13,14). The molecule has 0 saturated heterocycles. The van der Waals surface area contributed by atoms with E-state index in [1.54, 1.807) is 11.3 Å². The van der Waals surface area contributed by atoms with Gasteiger partial charge in [-0.05, 0) is 6.92 Å². The van der Waals surface area contributed by atoms with Crippen LogP contribution >= 0.6 is 22.9 Å². The van der Waals surface area contributed by atoms with Crippen molar-refractivity contribution in [2.75, 3.05) is 11.9 Å². The quantitative estimate of drug-likeness (QED) is 0.518. The monoisotopic (exact) mass is 299 g/mol. The number of halogens is 1. The second kappa shape index (κ2) is 5.89. The number of nitro groups is 1. The summed E-state index contributed by atoms with van der Waals surface area (Å²) in [5.74, 6) is 0.123. The summed E-state index contributed by atoms with van der Waals surface area (Å²) in [6.45, 7) is 2.41. The Hall–Kier alpha value is -1.80. The third-order valence-electron chi connectivity index (χ3n) is 2.26. The lowest BCUT2D eigenvalue weighted by Crippen LogP contribution is -2.09. The molecule has 2 heterocycles. The van der Waals surface area contributed by atoms with Gasteiger partial charge < -0.3 is 5.32 Å². The van der Waals surface area contributed by atoms with Crippen molar-refractivity contribution >= 4 is 34.4 Å². The highest BCUT2D eigenvalue weighted by atomic mass is 35.5. The first kappa shape index (κ1) is 13.6.